The summed E-state index contributed by atoms with van der Waals surface area (Å²) in [6, 6.07) is 8.36. The Labute approximate surface area is 141 Å². The van der Waals surface area contributed by atoms with Crippen LogP contribution in [0.3, 0.4) is 0 Å². The molecule has 0 aliphatic rings. The molecule has 0 aliphatic carbocycles. The molecule has 0 radical (unpaired) electrons. The third-order valence-electron chi connectivity index (χ3n) is 2.85. The lowest BCUT2D eigenvalue weighted by Gasteiger charge is -2.07. The molecule has 2 rings (SSSR count). The highest BCUT2D eigenvalue weighted by Crippen LogP contribution is 2.18. The molecule has 0 bridgehead atoms. The van der Waals surface area contributed by atoms with E-state index in [2.05, 4.69) is 4.98 Å². The molecule has 0 unspecified atom stereocenters. The standard InChI is InChI=1S/C15H11ClN2O6/c16-13-11(5-3-7-17-13)15(20)24-9-8-23-14(19)10-4-1-2-6-12(10)18(21)22/h1-7H,8-9H2. The smallest absolute Gasteiger partial charge is 0.345 e. The number of pyridine rings is 1. The molecule has 1 heterocycles. The first-order chi connectivity index (χ1) is 11.5. The summed E-state index contributed by atoms with van der Waals surface area (Å²) in [5.41, 5.74) is -0.449. The second kappa shape index (κ2) is 8.02. The molecule has 8 nitrogen and oxygen atoms in total. The number of carbonyl (C=O) groups excluding carboxylic acids is 2. The third-order valence-corrected chi connectivity index (χ3v) is 3.15. The number of esters is 2. The van der Waals surface area contributed by atoms with Gasteiger partial charge in [0.15, 0.2) is 0 Å². The molecular formula is C15H11ClN2O6. The van der Waals surface area contributed by atoms with Crippen molar-refractivity contribution in [1.82, 2.24) is 4.98 Å². The number of nitrogens with zero attached hydrogens (tertiary/aromatic N) is 2. The molecule has 24 heavy (non-hydrogen) atoms. The van der Waals surface area contributed by atoms with Gasteiger partial charge in [-0.2, -0.15) is 0 Å². The Morgan fingerprint density at radius 2 is 1.62 bits per heavy atom. The predicted molar refractivity (Wildman–Crippen MR) is 82.9 cm³/mol. The zero-order valence-electron chi connectivity index (χ0n) is 12.2. The van der Waals surface area contributed by atoms with Crippen LogP contribution in [0.4, 0.5) is 5.69 Å². The molecule has 1 aromatic heterocycles. The van der Waals surface area contributed by atoms with Crippen molar-refractivity contribution in [1.29, 1.82) is 0 Å². The highest BCUT2D eigenvalue weighted by atomic mass is 35.5. The van der Waals surface area contributed by atoms with Crippen LogP contribution >= 0.6 is 11.6 Å². The Hall–Kier alpha value is -3.00. The number of hydrogen-bond donors (Lipinski definition) is 0. The molecule has 0 N–H and O–H groups in total. The van der Waals surface area contributed by atoms with Gasteiger partial charge in [-0.1, -0.05) is 23.7 Å². The summed E-state index contributed by atoms with van der Waals surface area (Å²) in [5.74, 6) is -1.59. The minimum Gasteiger partial charge on any atom is -0.458 e. The van der Waals surface area contributed by atoms with Gasteiger partial charge in [-0.25, -0.2) is 14.6 Å². The number of carbonyl (C=O) groups is 2. The van der Waals surface area contributed by atoms with Gasteiger partial charge in [0, 0.05) is 12.3 Å². The van der Waals surface area contributed by atoms with E-state index in [0.717, 1.165) is 0 Å². The number of halogens is 1. The average Bonchev–Trinajstić information content (AvgIpc) is 2.58. The molecule has 0 atom stereocenters. The summed E-state index contributed by atoms with van der Waals surface area (Å²) >= 11 is 5.75. The maximum Gasteiger partial charge on any atom is 0.345 e. The lowest BCUT2D eigenvalue weighted by atomic mass is 10.2. The van der Waals surface area contributed by atoms with E-state index < -0.39 is 16.9 Å². The number of para-hydroxylation sites is 1. The number of nitro benzene ring substituents is 1. The Morgan fingerprint density at radius 1 is 1.04 bits per heavy atom. The van der Waals surface area contributed by atoms with Crippen molar-refractivity contribution in [3.8, 4) is 0 Å². The van der Waals surface area contributed by atoms with Crippen LogP contribution in [-0.4, -0.2) is 35.1 Å². The molecule has 9 heteroatoms. The molecule has 124 valence electrons. The maximum atomic E-state index is 11.8. The molecule has 2 aromatic rings. The molecule has 0 saturated heterocycles. The van der Waals surface area contributed by atoms with Gasteiger partial charge < -0.3 is 9.47 Å². The number of nitro groups is 1. The van der Waals surface area contributed by atoms with Crippen LogP contribution in [-0.2, 0) is 9.47 Å². The van der Waals surface area contributed by atoms with Crippen LogP contribution in [0, 0.1) is 10.1 Å². The van der Waals surface area contributed by atoms with Crippen LogP contribution in [0.25, 0.3) is 0 Å². The fourth-order valence-corrected chi connectivity index (χ4v) is 1.96. The summed E-state index contributed by atoms with van der Waals surface area (Å²) in [7, 11) is 0. The quantitative estimate of drug-likeness (QED) is 0.259. The van der Waals surface area contributed by atoms with Crippen LogP contribution < -0.4 is 0 Å². The second-order valence-corrected chi connectivity index (χ2v) is 4.75. The Bertz CT molecular complexity index is 780. The molecule has 0 amide bonds. The van der Waals surface area contributed by atoms with Crippen molar-refractivity contribution < 1.29 is 24.0 Å². The fraction of sp³-hybridized carbons (Fsp3) is 0.133. The van der Waals surface area contributed by atoms with E-state index in [9.17, 15) is 19.7 Å². The number of benzene rings is 1. The van der Waals surface area contributed by atoms with E-state index >= 15 is 0 Å². The van der Waals surface area contributed by atoms with Crippen LogP contribution in [0.1, 0.15) is 20.7 Å². The topological polar surface area (TPSA) is 109 Å². The fourth-order valence-electron chi connectivity index (χ4n) is 1.77. The normalized spacial score (nSPS) is 10.0. The van der Waals surface area contributed by atoms with Gasteiger partial charge in [0.2, 0.25) is 0 Å². The van der Waals surface area contributed by atoms with E-state index in [1.54, 1.807) is 0 Å². The molecule has 0 fully saturated rings. The Kier molecular flexibility index (Phi) is 5.80. The van der Waals surface area contributed by atoms with Gasteiger partial charge in [-0.05, 0) is 18.2 Å². The van der Waals surface area contributed by atoms with Gasteiger partial charge in [0.05, 0.1) is 10.5 Å². The highest BCUT2D eigenvalue weighted by molar-refractivity contribution is 6.32. The van der Waals surface area contributed by atoms with E-state index in [1.165, 1.54) is 42.6 Å². The minimum atomic E-state index is -0.877. The Balaban J connectivity index is 1.87. The van der Waals surface area contributed by atoms with Gasteiger partial charge in [0.1, 0.15) is 23.9 Å². The summed E-state index contributed by atoms with van der Waals surface area (Å²) in [4.78, 5) is 37.5. The molecule has 0 spiro atoms. The number of hydrogen-bond acceptors (Lipinski definition) is 7. The van der Waals surface area contributed by atoms with E-state index in [-0.39, 0.29) is 35.2 Å². The van der Waals surface area contributed by atoms with Gasteiger partial charge in [0.25, 0.3) is 5.69 Å². The first kappa shape index (κ1) is 17.4. The molecular weight excluding hydrogens is 340 g/mol. The maximum absolute atomic E-state index is 11.8. The predicted octanol–water partition coefficient (Wildman–Crippen LogP) is 2.66. The van der Waals surface area contributed by atoms with Crippen LogP contribution in [0.15, 0.2) is 42.6 Å². The summed E-state index contributed by atoms with van der Waals surface area (Å²) < 4.78 is 9.76. The number of ether oxygens (including phenoxy) is 2. The number of rotatable bonds is 6. The summed E-state index contributed by atoms with van der Waals surface area (Å²) in [6.45, 7) is -0.481. The summed E-state index contributed by atoms with van der Waals surface area (Å²) in [6.07, 6.45) is 1.42. The number of aromatic nitrogens is 1. The van der Waals surface area contributed by atoms with Crippen molar-refractivity contribution in [2.24, 2.45) is 0 Å². The molecule has 0 saturated carbocycles. The van der Waals surface area contributed by atoms with Gasteiger partial charge >= 0.3 is 11.9 Å². The molecule has 1 aromatic carbocycles. The largest absolute Gasteiger partial charge is 0.458 e. The van der Waals surface area contributed by atoms with Crippen LogP contribution in [0.2, 0.25) is 5.15 Å². The van der Waals surface area contributed by atoms with Gasteiger partial charge in [-0.15, -0.1) is 0 Å². The van der Waals surface area contributed by atoms with E-state index in [1.807, 2.05) is 0 Å². The van der Waals surface area contributed by atoms with E-state index in [0.29, 0.717) is 0 Å². The SMILES string of the molecule is O=C(OCCOC(=O)c1cccnc1Cl)c1ccccc1[N+](=O)[O-]. The summed E-state index contributed by atoms with van der Waals surface area (Å²) in [5, 5.41) is 10.8. The zero-order chi connectivity index (χ0) is 17.5. The van der Waals surface area contributed by atoms with Crippen molar-refractivity contribution in [2.45, 2.75) is 0 Å². The minimum absolute atomic E-state index is 0.000551. The first-order valence-electron chi connectivity index (χ1n) is 6.69. The third kappa shape index (κ3) is 4.26. The lowest BCUT2D eigenvalue weighted by Crippen LogP contribution is -2.15. The van der Waals surface area contributed by atoms with Crippen molar-refractivity contribution in [3.63, 3.8) is 0 Å². The van der Waals surface area contributed by atoms with Crippen molar-refractivity contribution in [2.75, 3.05) is 13.2 Å². The lowest BCUT2D eigenvalue weighted by molar-refractivity contribution is -0.385. The van der Waals surface area contributed by atoms with E-state index in [4.69, 9.17) is 21.1 Å². The van der Waals surface area contributed by atoms with Crippen molar-refractivity contribution in [3.05, 3.63) is 69.0 Å². The monoisotopic (exact) mass is 350 g/mol. The zero-order valence-corrected chi connectivity index (χ0v) is 12.9. The van der Waals surface area contributed by atoms with Crippen LogP contribution in [0.5, 0.6) is 0 Å². The molecule has 0 aliphatic heterocycles. The average molecular weight is 351 g/mol. The van der Waals surface area contributed by atoms with Gasteiger partial charge in [-0.3, -0.25) is 10.1 Å². The second-order valence-electron chi connectivity index (χ2n) is 4.39. The first-order valence-corrected chi connectivity index (χ1v) is 7.06. The van der Waals surface area contributed by atoms with Crippen molar-refractivity contribution >= 4 is 29.2 Å². The highest BCUT2D eigenvalue weighted by Gasteiger charge is 2.20. The Morgan fingerprint density at radius 3 is 2.25 bits per heavy atom.